The largest absolute Gasteiger partial charge is 0.456 e. The Kier molecular flexibility index (Phi) is 3.82. The molecule has 1 atom stereocenters. The monoisotopic (exact) mass is 292 g/mol. The predicted octanol–water partition coefficient (Wildman–Crippen LogP) is 4.29. The van der Waals surface area contributed by atoms with Gasteiger partial charge in [-0.1, -0.05) is 24.3 Å². The van der Waals surface area contributed by atoms with Crippen LogP contribution in [0.5, 0.6) is 11.5 Å². The molecule has 88 valence electrons. The fourth-order valence-corrected chi connectivity index (χ4v) is 1.95. The fraction of sp³-hybridized carbons (Fsp3) is 0.143. The molecular formula is C14H13BrO2. The van der Waals surface area contributed by atoms with Gasteiger partial charge in [0.1, 0.15) is 11.5 Å². The molecule has 0 radical (unpaired) electrons. The van der Waals surface area contributed by atoms with Crippen molar-refractivity contribution >= 4 is 15.9 Å². The molecular weight excluding hydrogens is 280 g/mol. The van der Waals surface area contributed by atoms with Gasteiger partial charge in [0, 0.05) is 0 Å². The van der Waals surface area contributed by atoms with Crippen molar-refractivity contribution in [2.75, 3.05) is 0 Å². The number of para-hydroxylation sites is 1. The lowest BCUT2D eigenvalue weighted by Crippen LogP contribution is -1.92. The summed E-state index contributed by atoms with van der Waals surface area (Å²) in [5.41, 5.74) is 0.859. The minimum Gasteiger partial charge on any atom is -0.456 e. The number of aliphatic hydroxyl groups excluding tert-OH is 1. The number of hydrogen-bond donors (Lipinski definition) is 1. The summed E-state index contributed by atoms with van der Waals surface area (Å²) in [7, 11) is 0. The lowest BCUT2D eigenvalue weighted by atomic mass is 10.1. The molecule has 17 heavy (non-hydrogen) atoms. The third-order valence-corrected chi connectivity index (χ3v) is 3.03. The Morgan fingerprint density at radius 2 is 1.82 bits per heavy atom. The molecule has 0 aliphatic carbocycles. The van der Waals surface area contributed by atoms with Crippen molar-refractivity contribution in [1.29, 1.82) is 0 Å². The van der Waals surface area contributed by atoms with Crippen LogP contribution in [-0.2, 0) is 0 Å². The van der Waals surface area contributed by atoms with Crippen LogP contribution in [0.4, 0.5) is 0 Å². The van der Waals surface area contributed by atoms with E-state index in [9.17, 15) is 5.11 Å². The lowest BCUT2D eigenvalue weighted by Gasteiger charge is -2.10. The minimum atomic E-state index is -0.475. The molecule has 0 spiro atoms. The first-order valence-corrected chi connectivity index (χ1v) is 6.16. The van der Waals surface area contributed by atoms with Crippen LogP contribution in [0.1, 0.15) is 18.6 Å². The molecule has 0 aliphatic rings. The first kappa shape index (κ1) is 12.1. The van der Waals surface area contributed by atoms with Crippen molar-refractivity contribution in [2.45, 2.75) is 13.0 Å². The number of halogens is 1. The van der Waals surface area contributed by atoms with Crippen molar-refractivity contribution in [3.05, 3.63) is 58.6 Å². The maximum absolute atomic E-state index is 9.47. The molecule has 0 saturated heterocycles. The molecule has 2 aromatic carbocycles. The molecule has 0 fully saturated rings. The second-order valence-corrected chi connectivity index (χ2v) is 4.64. The highest BCUT2D eigenvalue weighted by molar-refractivity contribution is 9.10. The highest BCUT2D eigenvalue weighted by Gasteiger charge is 2.06. The Bertz CT molecular complexity index is 495. The van der Waals surface area contributed by atoms with Crippen molar-refractivity contribution < 1.29 is 9.84 Å². The topological polar surface area (TPSA) is 29.5 Å². The van der Waals surface area contributed by atoms with Crippen LogP contribution >= 0.6 is 15.9 Å². The lowest BCUT2D eigenvalue weighted by molar-refractivity contribution is 0.199. The molecule has 0 amide bonds. The van der Waals surface area contributed by atoms with Gasteiger partial charge in [0.05, 0.1) is 10.6 Å². The highest BCUT2D eigenvalue weighted by Crippen LogP contribution is 2.31. The van der Waals surface area contributed by atoms with Crippen molar-refractivity contribution in [3.63, 3.8) is 0 Å². The van der Waals surface area contributed by atoms with Crippen molar-refractivity contribution in [2.24, 2.45) is 0 Å². The van der Waals surface area contributed by atoms with E-state index in [0.717, 1.165) is 21.5 Å². The van der Waals surface area contributed by atoms with Gasteiger partial charge in [-0.25, -0.2) is 0 Å². The van der Waals surface area contributed by atoms with Crippen LogP contribution in [-0.4, -0.2) is 5.11 Å². The van der Waals surface area contributed by atoms with Gasteiger partial charge in [0.2, 0.25) is 0 Å². The van der Waals surface area contributed by atoms with Crippen LogP contribution in [0.15, 0.2) is 53.0 Å². The summed E-state index contributed by atoms with van der Waals surface area (Å²) in [5.74, 6) is 1.53. The first-order valence-electron chi connectivity index (χ1n) is 5.37. The number of ether oxygens (including phenoxy) is 1. The molecule has 0 bridgehead atoms. The molecule has 2 nitrogen and oxygen atoms in total. The average molecular weight is 293 g/mol. The van der Waals surface area contributed by atoms with E-state index in [1.54, 1.807) is 6.92 Å². The second-order valence-electron chi connectivity index (χ2n) is 3.78. The third kappa shape index (κ3) is 3.08. The zero-order valence-corrected chi connectivity index (χ0v) is 11.0. The fourth-order valence-electron chi connectivity index (χ4n) is 1.48. The Balaban J connectivity index is 2.23. The van der Waals surface area contributed by atoms with Gasteiger partial charge in [0.25, 0.3) is 0 Å². The van der Waals surface area contributed by atoms with Crippen LogP contribution in [0.2, 0.25) is 0 Å². The van der Waals surface area contributed by atoms with E-state index in [1.165, 1.54) is 0 Å². The van der Waals surface area contributed by atoms with Crippen LogP contribution in [0.25, 0.3) is 0 Å². The summed E-state index contributed by atoms with van der Waals surface area (Å²) in [5, 5.41) is 9.47. The molecule has 0 aliphatic heterocycles. The Labute approximate surface area is 109 Å². The molecule has 0 heterocycles. The molecule has 2 rings (SSSR count). The standard InChI is InChI=1S/C14H13BrO2/c1-10(16)11-7-8-14(13(15)9-11)17-12-5-3-2-4-6-12/h2-10,16H,1H3. The summed E-state index contributed by atoms with van der Waals surface area (Å²) >= 11 is 3.44. The minimum absolute atomic E-state index is 0.475. The molecule has 1 N–H and O–H groups in total. The molecule has 1 unspecified atom stereocenters. The van der Waals surface area contributed by atoms with Crippen LogP contribution in [0, 0.1) is 0 Å². The summed E-state index contributed by atoms with van der Waals surface area (Å²) in [6, 6.07) is 15.2. The Morgan fingerprint density at radius 1 is 1.12 bits per heavy atom. The van der Waals surface area contributed by atoms with E-state index in [-0.39, 0.29) is 0 Å². The molecule has 0 saturated carbocycles. The van der Waals surface area contributed by atoms with E-state index < -0.39 is 6.10 Å². The van der Waals surface area contributed by atoms with Gasteiger partial charge in [-0.05, 0) is 52.7 Å². The average Bonchev–Trinajstić information content (AvgIpc) is 2.33. The number of rotatable bonds is 3. The Hall–Kier alpha value is -1.32. The number of hydrogen-bond acceptors (Lipinski definition) is 2. The van der Waals surface area contributed by atoms with E-state index >= 15 is 0 Å². The van der Waals surface area contributed by atoms with Gasteiger partial charge in [-0.2, -0.15) is 0 Å². The summed E-state index contributed by atoms with van der Waals surface area (Å²) < 4.78 is 6.55. The van der Waals surface area contributed by atoms with Gasteiger partial charge < -0.3 is 9.84 Å². The SMILES string of the molecule is CC(O)c1ccc(Oc2ccccc2)c(Br)c1. The number of benzene rings is 2. The summed E-state index contributed by atoms with van der Waals surface area (Å²) in [6.07, 6.45) is -0.475. The molecule has 0 aromatic heterocycles. The molecule has 3 heteroatoms. The maximum atomic E-state index is 9.47. The van der Waals surface area contributed by atoms with E-state index in [0.29, 0.717) is 0 Å². The molecule has 2 aromatic rings. The van der Waals surface area contributed by atoms with Crippen molar-refractivity contribution in [3.8, 4) is 11.5 Å². The Morgan fingerprint density at radius 3 is 2.41 bits per heavy atom. The second kappa shape index (κ2) is 5.34. The summed E-state index contributed by atoms with van der Waals surface area (Å²) in [6.45, 7) is 1.74. The first-order chi connectivity index (χ1) is 8.16. The van der Waals surface area contributed by atoms with Crippen LogP contribution in [0.3, 0.4) is 0 Å². The van der Waals surface area contributed by atoms with Gasteiger partial charge in [-0.3, -0.25) is 0 Å². The number of aliphatic hydroxyl groups is 1. The van der Waals surface area contributed by atoms with E-state index in [4.69, 9.17) is 4.74 Å². The van der Waals surface area contributed by atoms with E-state index in [1.807, 2.05) is 48.5 Å². The quantitative estimate of drug-likeness (QED) is 0.914. The zero-order valence-electron chi connectivity index (χ0n) is 9.43. The van der Waals surface area contributed by atoms with E-state index in [2.05, 4.69) is 15.9 Å². The highest BCUT2D eigenvalue weighted by atomic mass is 79.9. The third-order valence-electron chi connectivity index (χ3n) is 2.41. The van der Waals surface area contributed by atoms with Gasteiger partial charge in [-0.15, -0.1) is 0 Å². The normalized spacial score (nSPS) is 12.2. The zero-order chi connectivity index (χ0) is 12.3. The van der Waals surface area contributed by atoms with Crippen LogP contribution < -0.4 is 4.74 Å². The van der Waals surface area contributed by atoms with Gasteiger partial charge in [0.15, 0.2) is 0 Å². The predicted molar refractivity (Wildman–Crippen MR) is 71.3 cm³/mol. The van der Waals surface area contributed by atoms with Gasteiger partial charge >= 0.3 is 0 Å². The van der Waals surface area contributed by atoms with Crippen molar-refractivity contribution in [1.82, 2.24) is 0 Å². The smallest absolute Gasteiger partial charge is 0.141 e. The summed E-state index contributed by atoms with van der Waals surface area (Å²) in [4.78, 5) is 0. The maximum Gasteiger partial charge on any atom is 0.141 e.